The third kappa shape index (κ3) is 4.13. The van der Waals surface area contributed by atoms with Crippen LogP contribution in [0.1, 0.15) is 56.9 Å². The van der Waals surface area contributed by atoms with E-state index in [0.29, 0.717) is 5.91 Å². The monoisotopic (exact) mass is 423 g/mol. The molecule has 5 nitrogen and oxygen atoms in total. The zero-order valence-electron chi connectivity index (χ0n) is 19.1. The topological polar surface area (TPSA) is 52.7 Å². The molecule has 1 saturated heterocycles. The van der Waals surface area contributed by atoms with Gasteiger partial charge in [0.15, 0.2) is 0 Å². The largest absolute Gasteiger partial charge is 0.330 e. The number of anilines is 1. The Hall–Kier alpha value is -1.88. The number of carbonyl (C=O) groups excluding carboxylic acids is 2. The second-order valence-electron chi connectivity index (χ2n) is 11.1. The Morgan fingerprint density at radius 1 is 1.03 bits per heavy atom. The molecule has 1 heterocycles. The number of carbonyl (C=O) groups is 2. The summed E-state index contributed by atoms with van der Waals surface area (Å²) in [5.74, 6) is 2.52. The zero-order chi connectivity index (χ0) is 21.6. The van der Waals surface area contributed by atoms with Crippen molar-refractivity contribution in [1.82, 2.24) is 9.80 Å². The molecule has 1 N–H and O–H groups in total. The van der Waals surface area contributed by atoms with Crippen LogP contribution in [0, 0.1) is 23.2 Å². The fraction of sp³-hybridized carbons (Fsp3) is 0.692. The number of nitrogens with zero attached hydrogens (tertiary/aromatic N) is 2. The number of nitrogens with one attached hydrogen (secondary N) is 1. The smallest absolute Gasteiger partial charge is 0.247 e. The predicted octanol–water partition coefficient (Wildman–Crippen LogP) is 3.94. The highest BCUT2D eigenvalue weighted by Crippen LogP contribution is 2.60. The van der Waals surface area contributed by atoms with E-state index in [2.05, 4.69) is 36.4 Å². The Morgan fingerprint density at radius 2 is 1.65 bits per heavy atom. The van der Waals surface area contributed by atoms with Crippen molar-refractivity contribution in [1.29, 1.82) is 0 Å². The van der Waals surface area contributed by atoms with Gasteiger partial charge in [-0.25, -0.2) is 0 Å². The normalized spacial score (nSPS) is 33.8. The van der Waals surface area contributed by atoms with Gasteiger partial charge in [0.05, 0.1) is 5.41 Å². The second-order valence-corrected chi connectivity index (χ2v) is 11.1. The van der Waals surface area contributed by atoms with Crippen molar-refractivity contribution in [3.8, 4) is 0 Å². The van der Waals surface area contributed by atoms with Crippen LogP contribution in [-0.2, 0) is 16.0 Å². The third-order valence-electron chi connectivity index (χ3n) is 8.38. The molecule has 5 fully saturated rings. The Labute approximate surface area is 186 Å². The second kappa shape index (κ2) is 8.23. The van der Waals surface area contributed by atoms with Gasteiger partial charge < -0.3 is 15.1 Å². The minimum Gasteiger partial charge on any atom is -0.330 e. The van der Waals surface area contributed by atoms with Crippen molar-refractivity contribution in [3.05, 3.63) is 29.8 Å². The van der Waals surface area contributed by atoms with E-state index in [1.165, 1.54) is 24.8 Å². The van der Waals surface area contributed by atoms with Crippen LogP contribution in [0.5, 0.6) is 0 Å². The summed E-state index contributed by atoms with van der Waals surface area (Å²) in [6.07, 6.45) is 9.91. The molecule has 1 aromatic carbocycles. The highest BCUT2D eigenvalue weighted by Gasteiger charge is 2.56. The van der Waals surface area contributed by atoms with Crippen LogP contribution in [-0.4, -0.2) is 54.8 Å². The van der Waals surface area contributed by atoms with Gasteiger partial charge in [0.2, 0.25) is 11.8 Å². The summed E-state index contributed by atoms with van der Waals surface area (Å²) in [5, 5.41) is 3.09. The van der Waals surface area contributed by atoms with Crippen molar-refractivity contribution < 1.29 is 9.59 Å². The maximum absolute atomic E-state index is 13.8. The average molecular weight is 424 g/mol. The van der Waals surface area contributed by atoms with Gasteiger partial charge in [0.1, 0.15) is 6.04 Å². The summed E-state index contributed by atoms with van der Waals surface area (Å²) in [6.45, 7) is 1.75. The fourth-order valence-electron chi connectivity index (χ4n) is 7.29. The van der Waals surface area contributed by atoms with Crippen LogP contribution in [0.4, 0.5) is 5.69 Å². The molecule has 168 valence electrons. The minimum absolute atomic E-state index is 0.0170. The lowest BCUT2D eigenvalue weighted by Gasteiger charge is -2.56. The van der Waals surface area contributed by atoms with E-state index in [4.69, 9.17) is 0 Å². The lowest BCUT2D eigenvalue weighted by Crippen LogP contribution is -2.56. The molecule has 4 bridgehead atoms. The van der Waals surface area contributed by atoms with Crippen molar-refractivity contribution in [3.63, 3.8) is 0 Å². The summed E-state index contributed by atoms with van der Waals surface area (Å²) in [4.78, 5) is 31.0. The van der Waals surface area contributed by atoms with Gasteiger partial charge in [-0.2, -0.15) is 0 Å². The average Bonchev–Trinajstić information content (AvgIpc) is 3.21. The van der Waals surface area contributed by atoms with E-state index in [1.807, 2.05) is 17.0 Å². The van der Waals surface area contributed by atoms with Crippen molar-refractivity contribution >= 4 is 17.5 Å². The molecule has 5 aliphatic rings. The molecule has 0 aromatic heterocycles. The van der Waals surface area contributed by atoms with Gasteiger partial charge in [0, 0.05) is 18.8 Å². The molecule has 0 spiro atoms. The van der Waals surface area contributed by atoms with Crippen LogP contribution in [0.2, 0.25) is 0 Å². The fourth-order valence-corrected chi connectivity index (χ4v) is 7.29. The molecule has 6 rings (SSSR count). The molecule has 0 radical (unpaired) electrons. The summed E-state index contributed by atoms with van der Waals surface area (Å²) in [6, 6.07) is 7.85. The Bertz CT molecular complexity index is 796. The molecule has 1 aromatic rings. The molecule has 4 aliphatic carbocycles. The van der Waals surface area contributed by atoms with E-state index in [9.17, 15) is 9.59 Å². The van der Waals surface area contributed by atoms with Gasteiger partial charge in [-0.1, -0.05) is 12.1 Å². The first-order valence-electron chi connectivity index (χ1n) is 12.3. The standard InChI is InChI=1S/C26H37N3O2/c1-28(2)11-9-18-5-7-22(8-6-18)27-24(30)23-4-3-10-29(23)25(31)26-15-19-12-20(16-26)14-21(13-19)17-26/h5-8,19-21,23H,3-4,9-17H2,1-2H3,(H,27,30). The lowest BCUT2D eigenvalue weighted by molar-refractivity contribution is -0.160. The number of amides is 2. The maximum Gasteiger partial charge on any atom is 0.247 e. The van der Waals surface area contributed by atoms with Crippen LogP contribution in [0.25, 0.3) is 0 Å². The number of likely N-dealkylation sites (tertiary alicyclic amines) is 1. The van der Waals surface area contributed by atoms with Crippen LogP contribution < -0.4 is 5.32 Å². The Kier molecular flexibility index (Phi) is 5.58. The van der Waals surface area contributed by atoms with Crippen LogP contribution in [0.3, 0.4) is 0 Å². The lowest BCUT2D eigenvalue weighted by atomic mass is 9.49. The quantitative estimate of drug-likeness (QED) is 0.754. The molecule has 1 aliphatic heterocycles. The van der Waals surface area contributed by atoms with Crippen LogP contribution >= 0.6 is 0 Å². The summed E-state index contributed by atoms with van der Waals surface area (Å²) >= 11 is 0. The molecule has 5 heteroatoms. The maximum atomic E-state index is 13.8. The molecule has 4 saturated carbocycles. The number of hydrogen-bond acceptors (Lipinski definition) is 3. The number of rotatable bonds is 6. The highest BCUT2D eigenvalue weighted by atomic mass is 16.2. The summed E-state index contributed by atoms with van der Waals surface area (Å²) in [7, 11) is 4.15. The summed E-state index contributed by atoms with van der Waals surface area (Å²) < 4.78 is 0. The van der Waals surface area contributed by atoms with Gasteiger partial charge in [-0.15, -0.1) is 0 Å². The number of benzene rings is 1. The number of likely N-dealkylation sites (N-methyl/N-ethyl adjacent to an activating group) is 1. The first-order chi connectivity index (χ1) is 14.9. The molecule has 31 heavy (non-hydrogen) atoms. The van der Waals surface area contributed by atoms with E-state index in [0.717, 1.165) is 75.1 Å². The van der Waals surface area contributed by atoms with Crippen molar-refractivity contribution in [2.75, 3.05) is 32.5 Å². The first kappa shape index (κ1) is 21.0. The van der Waals surface area contributed by atoms with Crippen molar-refractivity contribution in [2.45, 2.75) is 63.8 Å². The zero-order valence-corrected chi connectivity index (χ0v) is 19.1. The van der Waals surface area contributed by atoms with E-state index in [-0.39, 0.29) is 17.4 Å². The molecular weight excluding hydrogens is 386 g/mol. The molecule has 1 unspecified atom stereocenters. The molecule has 1 atom stereocenters. The first-order valence-corrected chi connectivity index (χ1v) is 12.3. The van der Waals surface area contributed by atoms with Gasteiger partial charge in [0.25, 0.3) is 0 Å². The predicted molar refractivity (Wildman–Crippen MR) is 123 cm³/mol. The van der Waals surface area contributed by atoms with Gasteiger partial charge in [-0.05, 0) is 107 Å². The minimum atomic E-state index is -0.311. The molecule has 2 amide bonds. The molecular formula is C26H37N3O2. The Morgan fingerprint density at radius 3 is 2.23 bits per heavy atom. The summed E-state index contributed by atoms with van der Waals surface area (Å²) in [5.41, 5.74) is 1.94. The number of hydrogen-bond donors (Lipinski definition) is 1. The van der Waals surface area contributed by atoms with Crippen LogP contribution in [0.15, 0.2) is 24.3 Å². The Balaban J connectivity index is 1.24. The van der Waals surface area contributed by atoms with Gasteiger partial charge >= 0.3 is 0 Å². The SMILES string of the molecule is CN(C)CCc1ccc(NC(=O)C2CCCN2C(=O)C23CC4CC(CC(C4)C2)C3)cc1. The van der Waals surface area contributed by atoms with Gasteiger partial charge in [-0.3, -0.25) is 9.59 Å². The van der Waals surface area contributed by atoms with E-state index < -0.39 is 0 Å². The van der Waals surface area contributed by atoms with E-state index >= 15 is 0 Å². The van der Waals surface area contributed by atoms with Crippen molar-refractivity contribution in [2.24, 2.45) is 23.2 Å². The third-order valence-corrected chi connectivity index (χ3v) is 8.38. The van der Waals surface area contributed by atoms with E-state index in [1.54, 1.807) is 0 Å². The highest BCUT2D eigenvalue weighted by molar-refractivity contribution is 5.98.